The molecule has 0 spiro atoms. The van der Waals surface area contributed by atoms with Gasteiger partial charge in [0.1, 0.15) is 6.54 Å². The van der Waals surface area contributed by atoms with Crippen LogP contribution in [0.4, 0.5) is 4.79 Å². The summed E-state index contributed by atoms with van der Waals surface area (Å²) in [4.78, 5) is 40.0. The minimum atomic E-state index is -0.490. The smallest absolute Gasteiger partial charge is 0.294 e. The second kappa shape index (κ2) is 8.35. The predicted octanol–water partition coefficient (Wildman–Crippen LogP) is 3.21. The highest BCUT2D eigenvalue weighted by molar-refractivity contribution is 9.10. The Hall–Kier alpha value is -2.00. The monoisotopic (exact) mass is 454 g/mol. The fourth-order valence-electron chi connectivity index (χ4n) is 2.92. The Morgan fingerprint density at radius 3 is 2.70 bits per heavy atom. The summed E-state index contributed by atoms with van der Waals surface area (Å²) in [7, 11) is 0. The Bertz CT molecular complexity index is 820. The highest BCUT2D eigenvalue weighted by Crippen LogP contribution is 2.37. The van der Waals surface area contributed by atoms with Crippen molar-refractivity contribution >= 4 is 50.8 Å². The number of aromatic hydroxyl groups is 1. The average Bonchev–Trinajstić information content (AvgIpc) is 3.24. The maximum Gasteiger partial charge on any atom is 0.294 e. The van der Waals surface area contributed by atoms with Crippen molar-refractivity contribution in [3.05, 3.63) is 27.1 Å². The number of phenols is 1. The summed E-state index contributed by atoms with van der Waals surface area (Å²) in [5, 5.41) is 9.43. The second-order valence-electron chi connectivity index (χ2n) is 6.13. The Morgan fingerprint density at radius 2 is 2.04 bits per heavy atom. The number of imide groups is 1. The summed E-state index contributed by atoms with van der Waals surface area (Å²) < 4.78 is 5.91. The molecule has 0 saturated carbocycles. The molecule has 2 aliphatic rings. The first kappa shape index (κ1) is 19.8. The van der Waals surface area contributed by atoms with Crippen molar-refractivity contribution in [3.63, 3.8) is 0 Å². The van der Waals surface area contributed by atoms with E-state index in [9.17, 15) is 19.5 Å². The van der Waals surface area contributed by atoms with Crippen LogP contribution in [0.5, 0.6) is 11.5 Å². The molecule has 2 heterocycles. The summed E-state index contributed by atoms with van der Waals surface area (Å²) in [6, 6.07) is 3.06. The van der Waals surface area contributed by atoms with Gasteiger partial charge in [0, 0.05) is 17.6 Å². The van der Waals surface area contributed by atoms with Crippen molar-refractivity contribution in [1.29, 1.82) is 0 Å². The Kier molecular flexibility index (Phi) is 6.11. The van der Waals surface area contributed by atoms with Gasteiger partial charge in [0.05, 0.1) is 11.5 Å². The van der Waals surface area contributed by atoms with Gasteiger partial charge in [-0.15, -0.1) is 0 Å². The van der Waals surface area contributed by atoms with E-state index in [1.165, 1.54) is 6.07 Å². The standard InChI is InChI=1S/C18H19BrN2O5S/c1-2-26-14-7-11(12(19)9-13(14)22)8-15-17(24)21(18(25)27-15)10-16(23)20-5-3-4-6-20/h7-9,22H,2-6,10H2,1H3/b15-8-. The van der Waals surface area contributed by atoms with Crippen LogP contribution < -0.4 is 4.74 Å². The van der Waals surface area contributed by atoms with Gasteiger partial charge in [-0.2, -0.15) is 0 Å². The summed E-state index contributed by atoms with van der Waals surface area (Å²) >= 11 is 4.13. The van der Waals surface area contributed by atoms with Crippen molar-refractivity contribution < 1.29 is 24.2 Å². The summed E-state index contributed by atoms with van der Waals surface area (Å²) in [6.07, 6.45) is 3.45. The predicted molar refractivity (Wildman–Crippen MR) is 105 cm³/mol. The largest absolute Gasteiger partial charge is 0.504 e. The van der Waals surface area contributed by atoms with Gasteiger partial charge in [0.25, 0.3) is 11.1 Å². The molecule has 9 heteroatoms. The van der Waals surface area contributed by atoms with E-state index in [1.807, 2.05) is 0 Å². The fourth-order valence-corrected chi connectivity index (χ4v) is 4.19. The van der Waals surface area contributed by atoms with Gasteiger partial charge < -0.3 is 14.7 Å². The number of hydrogen-bond acceptors (Lipinski definition) is 6. The maximum atomic E-state index is 12.6. The maximum absolute atomic E-state index is 12.6. The van der Waals surface area contributed by atoms with E-state index in [1.54, 1.807) is 24.0 Å². The number of nitrogens with zero attached hydrogens (tertiary/aromatic N) is 2. The van der Waals surface area contributed by atoms with Crippen LogP contribution in [0, 0.1) is 0 Å². The van der Waals surface area contributed by atoms with E-state index in [-0.39, 0.29) is 28.9 Å². The van der Waals surface area contributed by atoms with Crippen LogP contribution in [-0.4, -0.2) is 58.2 Å². The first-order valence-corrected chi connectivity index (χ1v) is 10.2. The minimum Gasteiger partial charge on any atom is -0.504 e. The van der Waals surface area contributed by atoms with Crippen molar-refractivity contribution in [3.8, 4) is 11.5 Å². The molecule has 2 aliphatic heterocycles. The molecular formula is C18H19BrN2O5S. The first-order valence-electron chi connectivity index (χ1n) is 8.59. The molecule has 2 saturated heterocycles. The van der Waals surface area contributed by atoms with Crippen LogP contribution >= 0.6 is 27.7 Å². The lowest BCUT2D eigenvalue weighted by Crippen LogP contribution is -2.40. The third-order valence-electron chi connectivity index (χ3n) is 4.29. The van der Waals surface area contributed by atoms with Crippen LogP contribution in [0.2, 0.25) is 0 Å². The molecule has 0 atom stereocenters. The molecule has 7 nitrogen and oxygen atoms in total. The van der Waals surface area contributed by atoms with E-state index in [0.29, 0.717) is 29.7 Å². The molecule has 3 amide bonds. The molecule has 0 aromatic heterocycles. The lowest BCUT2D eigenvalue weighted by molar-refractivity contribution is -0.135. The number of thioether (sulfide) groups is 1. The average molecular weight is 455 g/mol. The highest BCUT2D eigenvalue weighted by atomic mass is 79.9. The zero-order valence-corrected chi connectivity index (χ0v) is 17.1. The van der Waals surface area contributed by atoms with Gasteiger partial charge in [-0.05, 0) is 55.3 Å². The van der Waals surface area contributed by atoms with E-state index in [2.05, 4.69) is 15.9 Å². The minimum absolute atomic E-state index is 0.0230. The number of ether oxygens (including phenoxy) is 1. The molecule has 27 heavy (non-hydrogen) atoms. The van der Waals surface area contributed by atoms with Crippen LogP contribution in [0.1, 0.15) is 25.3 Å². The molecule has 0 aliphatic carbocycles. The third kappa shape index (κ3) is 4.30. The number of carbonyl (C=O) groups excluding carboxylic acids is 3. The third-order valence-corrected chi connectivity index (χ3v) is 5.88. The van der Waals surface area contributed by atoms with Gasteiger partial charge >= 0.3 is 0 Å². The Labute approximate surface area is 169 Å². The van der Waals surface area contributed by atoms with Crippen molar-refractivity contribution in [2.75, 3.05) is 26.2 Å². The molecule has 1 N–H and O–H groups in total. The van der Waals surface area contributed by atoms with Crippen molar-refractivity contribution in [2.45, 2.75) is 19.8 Å². The highest BCUT2D eigenvalue weighted by Gasteiger charge is 2.37. The number of likely N-dealkylation sites (tertiary alicyclic amines) is 1. The normalized spacial score (nSPS) is 18.7. The lowest BCUT2D eigenvalue weighted by Gasteiger charge is -2.18. The Morgan fingerprint density at radius 1 is 1.33 bits per heavy atom. The molecule has 2 fully saturated rings. The van der Waals surface area contributed by atoms with Gasteiger partial charge in [0.15, 0.2) is 11.5 Å². The van der Waals surface area contributed by atoms with E-state index in [0.717, 1.165) is 29.5 Å². The molecule has 3 rings (SSSR count). The quantitative estimate of drug-likeness (QED) is 0.687. The number of benzene rings is 1. The first-order chi connectivity index (χ1) is 12.9. The fraction of sp³-hybridized carbons (Fsp3) is 0.389. The number of hydrogen-bond donors (Lipinski definition) is 1. The number of carbonyl (C=O) groups is 3. The van der Waals surface area contributed by atoms with E-state index < -0.39 is 11.1 Å². The second-order valence-corrected chi connectivity index (χ2v) is 7.98. The molecule has 0 bridgehead atoms. The molecule has 0 radical (unpaired) electrons. The van der Waals surface area contributed by atoms with Gasteiger partial charge in [-0.3, -0.25) is 19.3 Å². The van der Waals surface area contributed by atoms with Gasteiger partial charge in [-0.1, -0.05) is 15.9 Å². The van der Waals surface area contributed by atoms with Crippen LogP contribution in [-0.2, 0) is 9.59 Å². The van der Waals surface area contributed by atoms with Crippen LogP contribution in [0.25, 0.3) is 6.08 Å². The summed E-state index contributed by atoms with van der Waals surface area (Å²) in [6.45, 7) is 3.29. The van der Waals surface area contributed by atoms with Gasteiger partial charge in [0.2, 0.25) is 5.91 Å². The van der Waals surface area contributed by atoms with Gasteiger partial charge in [-0.25, -0.2) is 0 Å². The summed E-state index contributed by atoms with van der Waals surface area (Å²) in [5.74, 6) is -0.434. The SMILES string of the molecule is CCOc1cc(/C=C2\SC(=O)N(CC(=O)N3CCCC3)C2=O)c(Br)cc1O. The topological polar surface area (TPSA) is 87.2 Å². The number of amides is 3. The van der Waals surface area contributed by atoms with Crippen LogP contribution in [0.3, 0.4) is 0 Å². The zero-order chi connectivity index (χ0) is 19.6. The Balaban J connectivity index is 1.79. The van der Waals surface area contributed by atoms with Crippen LogP contribution in [0.15, 0.2) is 21.5 Å². The number of phenolic OH excluding ortho intramolecular Hbond substituents is 1. The summed E-state index contributed by atoms with van der Waals surface area (Å²) in [5.41, 5.74) is 0.590. The molecular weight excluding hydrogens is 436 g/mol. The zero-order valence-electron chi connectivity index (χ0n) is 14.7. The van der Waals surface area contributed by atoms with Crippen molar-refractivity contribution in [2.24, 2.45) is 0 Å². The lowest BCUT2D eigenvalue weighted by atomic mass is 10.2. The van der Waals surface area contributed by atoms with E-state index in [4.69, 9.17) is 4.74 Å². The molecule has 1 aromatic carbocycles. The molecule has 0 unspecified atom stereocenters. The van der Waals surface area contributed by atoms with E-state index >= 15 is 0 Å². The van der Waals surface area contributed by atoms with Crippen molar-refractivity contribution in [1.82, 2.24) is 9.80 Å². The number of halogens is 1. The molecule has 144 valence electrons. The molecule has 1 aromatic rings. The number of rotatable bonds is 5.